The Hall–Kier alpha value is -2.33. The van der Waals surface area contributed by atoms with Crippen LogP contribution in [0.2, 0.25) is 10.0 Å². The van der Waals surface area contributed by atoms with Crippen molar-refractivity contribution < 1.29 is 13.2 Å². The molecule has 2 aromatic heterocycles. The Labute approximate surface area is 202 Å². The molecule has 0 aliphatic carbocycles. The van der Waals surface area contributed by atoms with Gasteiger partial charge in [0.2, 0.25) is 15.9 Å². The first-order valence-electron chi connectivity index (χ1n) is 10.6. The zero-order chi connectivity index (χ0) is 23.3. The van der Waals surface area contributed by atoms with Gasteiger partial charge in [-0.1, -0.05) is 23.2 Å². The monoisotopic (exact) mass is 507 g/mol. The summed E-state index contributed by atoms with van der Waals surface area (Å²) in [5.41, 5.74) is 3.50. The van der Waals surface area contributed by atoms with Crippen LogP contribution in [0.1, 0.15) is 18.5 Å². The predicted octanol–water partition coefficient (Wildman–Crippen LogP) is 3.49. The third-order valence-corrected chi connectivity index (χ3v) is 7.31. The van der Waals surface area contributed by atoms with E-state index in [0.717, 1.165) is 42.7 Å². The lowest BCUT2D eigenvalue weighted by Gasteiger charge is -2.37. The number of piperazine rings is 1. The van der Waals surface area contributed by atoms with Crippen molar-refractivity contribution in [1.82, 2.24) is 19.2 Å². The van der Waals surface area contributed by atoms with E-state index in [-0.39, 0.29) is 11.9 Å². The number of benzene rings is 1. The second-order valence-corrected chi connectivity index (χ2v) is 11.2. The molecule has 4 heterocycles. The Morgan fingerprint density at radius 3 is 2.76 bits per heavy atom. The summed E-state index contributed by atoms with van der Waals surface area (Å²) >= 11 is 12.6. The quantitative estimate of drug-likeness (QED) is 0.571. The molecule has 0 bridgehead atoms. The summed E-state index contributed by atoms with van der Waals surface area (Å²) < 4.78 is 28.0. The van der Waals surface area contributed by atoms with Gasteiger partial charge in [-0.2, -0.15) is 0 Å². The van der Waals surface area contributed by atoms with Crippen LogP contribution < -0.4 is 4.72 Å². The molecule has 1 amide bonds. The van der Waals surface area contributed by atoms with Crippen LogP contribution in [-0.4, -0.2) is 65.4 Å². The van der Waals surface area contributed by atoms with Crippen molar-refractivity contribution in [3.05, 3.63) is 52.3 Å². The van der Waals surface area contributed by atoms with Crippen LogP contribution in [0.5, 0.6) is 0 Å². The van der Waals surface area contributed by atoms with E-state index in [4.69, 9.17) is 28.2 Å². The van der Waals surface area contributed by atoms with Gasteiger partial charge >= 0.3 is 0 Å². The summed E-state index contributed by atoms with van der Waals surface area (Å²) in [6.07, 6.45) is 4.34. The number of hydrogen-bond acceptors (Lipinski definition) is 5. The Kier molecular flexibility index (Phi) is 5.76. The maximum Gasteiger partial charge on any atom is 0.229 e. The predicted molar refractivity (Wildman–Crippen MR) is 129 cm³/mol. The lowest BCUT2D eigenvalue weighted by Crippen LogP contribution is -2.51. The summed E-state index contributed by atoms with van der Waals surface area (Å²) in [5, 5.41) is 1.03. The molecule has 8 nitrogen and oxygen atoms in total. The van der Waals surface area contributed by atoms with Crippen LogP contribution in [0, 0.1) is 0 Å². The number of nitrogens with one attached hydrogen (secondary N) is 1. The molecule has 0 radical (unpaired) electrons. The maximum atomic E-state index is 12.1. The van der Waals surface area contributed by atoms with Gasteiger partial charge in [-0.05, 0) is 36.8 Å². The number of anilines is 1. The lowest BCUT2D eigenvalue weighted by molar-refractivity contribution is -0.130. The van der Waals surface area contributed by atoms with Gasteiger partial charge in [0.25, 0.3) is 0 Å². The highest BCUT2D eigenvalue weighted by Gasteiger charge is 2.36. The minimum Gasteiger partial charge on any atom is -0.337 e. The minimum absolute atomic E-state index is 0.232. The van der Waals surface area contributed by atoms with Crippen molar-refractivity contribution in [2.45, 2.75) is 25.4 Å². The van der Waals surface area contributed by atoms with E-state index in [2.05, 4.69) is 9.62 Å². The number of halogens is 2. The van der Waals surface area contributed by atoms with Crippen molar-refractivity contribution in [2.75, 3.05) is 30.6 Å². The topological polar surface area (TPSA) is 87.0 Å². The minimum atomic E-state index is -3.43. The fourth-order valence-corrected chi connectivity index (χ4v) is 5.75. The van der Waals surface area contributed by atoms with Crippen molar-refractivity contribution in [3.8, 4) is 11.3 Å². The van der Waals surface area contributed by atoms with Gasteiger partial charge in [0, 0.05) is 55.4 Å². The molecule has 5 rings (SSSR count). The summed E-state index contributed by atoms with van der Waals surface area (Å²) in [4.78, 5) is 21.2. The molecular weight excluding hydrogens is 485 g/mol. The average molecular weight is 508 g/mol. The van der Waals surface area contributed by atoms with Gasteiger partial charge in [0.05, 0.1) is 28.4 Å². The summed E-state index contributed by atoms with van der Waals surface area (Å²) in [6, 6.07) is 9.00. The first-order chi connectivity index (χ1) is 15.7. The van der Waals surface area contributed by atoms with E-state index in [9.17, 15) is 13.2 Å². The Morgan fingerprint density at radius 2 is 2.00 bits per heavy atom. The molecule has 2 aliphatic rings. The van der Waals surface area contributed by atoms with Crippen molar-refractivity contribution in [2.24, 2.45) is 0 Å². The van der Waals surface area contributed by atoms with Crippen LogP contribution in [-0.2, 0) is 21.4 Å². The summed E-state index contributed by atoms with van der Waals surface area (Å²) in [5.74, 6) is 0.236. The standard InChI is InChI=1S/C22H23Cl2N5O3S/c1-33(31,32)26-15-3-6-20-25-22(17-5-2-14(23)10-18(17)24)19(29(20)11-15)13-27-8-9-28-16(12-27)4-7-21(28)30/h2-3,5-6,10-11,16,26H,4,7-9,12-13H2,1H3. The number of nitrogens with zero attached hydrogens (tertiary/aromatic N) is 4. The highest BCUT2D eigenvalue weighted by Crippen LogP contribution is 2.34. The number of rotatable bonds is 5. The average Bonchev–Trinajstić information content (AvgIpc) is 3.27. The van der Waals surface area contributed by atoms with E-state index in [1.165, 1.54) is 0 Å². The zero-order valence-corrected chi connectivity index (χ0v) is 20.3. The number of amides is 1. The van der Waals surface area contributed by atoms with Gasteiger partial charge < -0.3 is 4.90 Å². The first kappa shape index (κ1) is 22.5. The van der Waals surface area contributed by atoms with Gasteiger partial charge in [0.15, 0.2) is 0 Å². The molecule has 1 aromatic carbocycles. The second kappa shape index (κ2) is 8.47. The molecule has 0 saturated carbocycles. The molecule has 2 aliphatic heterocycles. The number of fused-ring (bicyclic) bond motifs is 2. The van der Waals surface area contributed by atoms with Crippen molar-refractivity contribution in [3.63, 3.8) is 0 Å². The molecule has 1 unspecified atom stereocenters. The Morgan fingerprint density at radius 1 is 1.18 bits per heavy atom. The van der Waals surface area contributed by atoms with E-state index >= 15 is 0 Å². The zero-order valence-electron chi connectivity index (χ0n) is 18.0. The SMILES string of the molecule is CS(=O)(=O)Nc1ccc2nc(-c3ccc(Cl)cc3Cl)c(CN3CCN4C(=O)CCC4C3)n2c1. The second-order valence-electron chi connectivity index (χ2n) is 8.57. The molecule has 174 valence electrons. The van der Waals surface area contributed by atoms with Crippen molar-refractivity contribution >= 4 is 50.5 Å². The molecule has 1 N–H and O–H groups in total. The Bertz CT molecular complexity index is 1360. The molecule has 2 saturated heterocycles. The van der Waals surface area contributed by atoms with Crippen LogP contribution in [0.4, 0.5) is 5.69 Å². The molecule has 2 fully saturated rings. The van der Waals surface area contributed by atoms with Crippen LogP contribution >= 0.6 is 23.2 Å². The molecule has 0 spiro atoms. The van der Waals surface area contributed by atoms with E-state index < -0.39 is 10.0 Å². The smallest absolute Gasteiger partial charge is 0.229 e. The number of sulfonamides is 1. The molecule has 1 atom stereocenters. The highest BCUT2D eigenvalue weighted by atomic mass is 35.5. The number of aromatic nitrogens is 2. The van der Waals surface area contributed by atoms with Crippen LogP contribution in [0.25, 0.3) is 16.9 Å². The van der Waals surface area contributed by atoms with Gasteiger partial charge in [0.1, 0.15) is 5.65 Å². The largest absolute Gasteiger partial charge is 0.337 e. The number of imidazole rings is 1. The van der Waals surface area contributed by atoms with E-state index in [0.29, 0.717) is 40.9 Å². The highest BCUT2D eigenvalue weighted by molar-refractivity contribution is 7.92. The van der Waals surface area contributed by atoms with Gasteiger partial charge in [-0.15, -0.1) is 0 Å². The first-order valence-corrected chi connectivity index (χ1v) is 13.3. The van der Waals surface area contributed by atoms with Gasteiger partial charge in [-0.25, -0.2) is 13.4 Å². The van der Waals surface area contributed by atoms with Crippen LogP contribution in [0.3, 0.4) is 0 Å². The lowest BCUT2D eigenvalue weighted by atomic mass is 10.1. The van der Waals surface area contributed by atoms with E-state index in [1.807, 2.05) is 15.4 Å². The van der Waals surface area contributed by atoms with Crippen LogP contribution in [0.15, 0.2) is 36.5 Å². The maximum absolute atomic E-state index is 12.1. The summed E-state index contributed by atoms with van der Waals surface area (Å²) in [6.45, 7) is 2.83. The number of carbonyl (C=O) groups is 1. The molecular formula is C22H23Cl2N5O3S. The number of pyridine rings is 1. The third kappa shape index (κ3) is 4.55. The fourth-order valence-electron chi connectivity index (χ4n) is 4.70. The number of carbonyl (C=O) groups excluding carboxylic acids is 1. The summed E-state index contributed by atoms with van der Waals surface area (Å²) in [7, 11) is -3.43. The third-order valence-electron chi connectivity index (χ3n) is 6.16. The van der Waals surface area contributed by atoms with Crippen molar-refractivity contribution in [1.29, 1.82) is 0 Å². The Balaban J connectivity index is 1.57. The van der Waals surface area contributed by atoms with Gasteiger partial charge in [-0.3, -0.25) is 18.8 Å². The fraction of sp³-hybridized carbons (Fsp3) is 0.364. The molecule has 33 heavy (non-hydrogen) atoms. The molecule has 11 heteroatoms. The normalized spacial score (nSPS) is 19.3. The molecule has 3 aromatic rings. The number of hydrogen-bond donors (Lipinski definition) is 1. The van der Waals surface area contributed by atoms with E-state index in [1.54, 1.807) is 30.5 Å².